The third kappa shape index (κ3) is 5.92. The van der Waals surface area contributed by atoms with Crippen LogP contribution in [0.3, 0.4) is 0 Å². The van der Waals surface area contributed by atoms with E-state index in [1.807, 2.05) is 0 Å². The van der Waals surface area contributed by atoms with E-state index in [9.17, 15) is 4.79 Å². The smallest absolute Gasteiger partial charge is 0.246 e. The number of nitrogens with two attached hydrogens (primary N) is 1. The van der Waals surface area contributed by atoms with Gasteiger partial charge in [-0.15, -0.1) is 0 Å². The molecule has 0 fully saturated rings. The highest BCUT2D eigenvalue weighted by atomic mass is 16.1. The maximum absolute atomic E-state index is 11.0. The summed E-state index contributed by atoms with van der Waals surface area (Å²) in [7, 11) is 0. The van der Waals surface area contributed by atoms with E-state index in [4.69, 9.17) is 0 Å². The summed E-state index contributed by atoms with van der Waals surface area (Å²) < 4.78 is 0. The van der Waals surface area contributed by atoms with Crippen LogP contribution >= 0.6 is 0 Å². The van der Waals surface area contributed by atoms with Crippen LogP contribution in [0, 0.1) is 0 Å². The molecule has 70 valence electrons. The molecule has 12 heavy (non-hydrogen) atoms. The predicted octanol–water partition coefficient (Wildman–Crippen LogP) is -0.348. The predicted molar refractivity (Wildman–Crippen MR) is 49.8 cm³/mol. The molecular formula is C9H19N2O+. The zero-order chi connectivity index (χ0) is 9.40. The van der Waals surface area contributed by atoms with E-state index >= 15 is 0 Å². The van der Waals surface area contributed by atoms with Crippen molar-refractivity contribution < 1.29 is 10.1 Å². The number of carbonyl (C=O) groups is 1. The van der Waals surface area contributed by atoms with Gasteiger partial charge in [-0.05, 0) is 13.3 Å². The highest BCUT2D eigenvalue weighted by Crippen LogP contribution is 1.83. The number of amides is 1. The Bertz CT molecular complexity index is 155. The first-order chi connectivity index (χ1) is 5.68. The van der Waals surface area contributed by atoms with Crippen LogP contribution in [0.4, 0.5) is 0 Å². The molecule has 0 aliphatic carbocycles. The average molecular weight is 171 g/mol. The Balaban J connectivity index is 3.20. The third-order valence-electron chi connectivity index (χ3n) is 1.51. The number of rotatable bonds is 6. The lowest BCUT2D eigenvalue weighted by molar-refractivity contribution is -0.652. The molecule has 0 aliphatic heterocycles. The molecule has 0 aromatic rings. The molecule has 0 heterocycles. The minimum absolute atomic E-state index is 0.0418. The molecule has 0 spiro atoms. The molecule has 0 rings (SSSR count). The Labute approximate surface area is 74.2 Å². The average Bonchev–Trinajstić information content (AvgIpc) is 2.03. The van der Waals surface area contributed by atoms with Crippen LogP contribution in [-0.2, 0) is 4.79 Å². The summed E-state index contributed by atoms with van der Waals surface area (Å²) in [6.07, 6.45) is 1.18. The van der Waals surface area contributed by atoms with E-state index in [-0.39, 0.29) is 5.91 Å². The molecule has 0 aromatic heterocycles. The minimum atomic E-state index is -0.0418. The molecule has 0 atom stereocenters. The largest absolute Gasteiger partial charge is 0.347 e. The topological polar surface area (TPSA) is 45.7 Å². The van der Waals surface area contributed by atoms with Crippen molar-refractivity contribution >= 4 is 5.91 Å². The first-order valence-electron chi connectivity index (χ1n) is 4.43. The van der Waals surface area contributed by atoms with Crippen molar-refractivity contribution in [3.8, 4) is 0 Å². The Kier molecular flexibility index (Phi) is 6.38. The SMILES string of the molecule is C=C(C)C(=O)NCC[NH2+]CCC. The van der Waals surface area contributed by atoms with E-state index < -0.39 is 0 Å². The second-order valence-corrected chi connectivity index (χ2v) is 2.90. The van der Waals surface area contributed by atoms with E-state index in [0.717, 1.165) is 19.6 Å². The van der Waals surface area contributed by atoms with Gasteiger partial charge < -0.3 is 10.6 Å². The van der Waals surface area contributed by atoms with Gasteiger partial charge in [0.2, 0.25) is 5.91 Å². The molecule has 0 saturated heterocycles. The Morgan fingerprint density at radius 2 is 2.17 bits per heavy atom. The maximum atomic E-state index is 11.0. The quantitative estimate of drug-likeness (QED) is 0.416. The highest BCUT2D eigenvalue weighted by molar-refractivity contribution is 5.91. The first-order valence-corrected chi connectivity index (χ1v) is 4.43. The van der Waals surface area contributed by atoms with Crippen LogP contribution in [0.2, 0.25) is 0 Å². The van der Waals surface area contributed by atoms with Crippen molar-refractivity contribution in [3.05, 3.63) is 12.2 Å². The summed E-state index contributed by atoms with van der Waals surface area (Å²) in [5.41, 5.74) is 0.575. The number of nitrogens with one attached hydrogen (secondary N) is 1. The Morgan fingerprint density at radius 3 is 2.67 bits per heavy atom. The van der Waals surface area contributed by atoms with E-state index in [1.165, 1.54) is 6.42 Å². The van der Waals surface area contributed by atoms with Crippen LogP contribution in [-0.4, -0.2) is 25.5 Å². The molecule has 0 aromatic carbocycles. The van der Waals surface area contributed by atoms with Crippen molar-refractivity contribution in [1.82, 2.24) is 5.32 Å². The normalized spacial score (nSPS) is 9.50. The Morgan fingerprint density at radius 1 is 1.50 bits per heavy atom. The monoisotopic (exact) mass is 171 g/mol. The fourth-order valence-electron chi connectivity index (χ4n) is 0.787. The summed E-state index contributed by atoms with van der Waals surface area (Å²) in [4.78, 5) is 11.0. The van der Waals surface area contributed by atoms with Crippen LogP contribution in [0.25, 0.3) is 0 Å². The van der Waals surface area contributed by atoms with Crippen LogP contribution in [0.1, 0.15) is 20.3 Å². The molecule has 0 unspecified atom stereocenters. The van der Waals surface area contributed by atoms with E-state index in [1.54, 1.807) is 6.92 Å². The standard InChI is InChI=1S/C9H18N2O/c1-4-5-10-6-7-11-9(12)8(2)3/h10H,2,4-7H2,1,3H3,(H,11,12)/p+1. The number of carbonyl (C=O) groups excluding carboxylic acids is 1. The van der Waals surface area contributed by atoms with Gasteiger partial charge in [-0.3, -0.25) is 4.79 Å². The zero-order valence-electron chi connectivity index (χ0n) is 8.02. The molecule has 0 aliphatic rings. The van der Waals surface area contributed by atoms with Gasteiger partial charge in [0.05, 0.1) is 19.6 Å². The van der Waals surface area contributed by atoms with Gasteiger partial charge in [0.15, 0.2) is 0 Å². The van der Waals surface area contributed by atoms with Crippen LogP contribution < -0.4 is 10.6 Å². The van der Waals surface area contributed by atoms with Gasteiger partial charge in [-0.25, -0.2) is 0 Å². The van der Waals surface area contributed by atoms with Crippen molar-refractivity contribution in [2.75, 3.05) is 19.6 Å². The lowest BCUT2D eigenvalue weighted by Gasteiger charge is -2.02. The number of hydrogen-bond acceptors (Lipinski definition) is 1. The molecular weight excluding hydrogens is 152 g/mol. The van der Waals surface area contributed by atoms with Crippen molar-refractivity contribution in [2.45, 2.75) is 20.3 Å². The molecule has 3 nitrogen and oxygen atoms in total. The lowest BCUT2D eigenvalue weighted by atomic mass is 10.3. The molecule has 0 saturated carbocycles. The summed E-state index contributed by atoms with van der Waals surface area (Å²) in [6.45, 7) is 10.2. The zero-order valence-corrected chi connectivity index (χ0v) is 8.02. The highest BCUT2D eigenvalue weighted by Gasteiger charge is 1.99. The van der Waals surface area contributed by atoms with Crippen molar-refractivity contribution in [2.24, 2.45) is 0 Å². The van der Waals surface area contributed by atoms with Gasteiger partial charge in [-0.2, -0.15) is 0 Å². The molecule has 0 bridgehead atoms. The first kappa shape index (κ1) is 11.2. The second-order valence-electron chi connectivity index (χ2n) is 2.90. The van der Waals surface area contributed by atoms with E-state index in [2.05, 4.69) is 24.1 Å². The molecule has 1 amide bonds. The van der Waals surface area contributed by atoms with Gasteiger partial charge in [0.1, 0.15) is 0 Å². The van der Waals surface area contributed by atoms with Gasteiger partial charge in [0, 0.05) is 5.57 Å². The van der Waals surface area contributed by atoms with Crippen LogP contribution in [0.15, 0.2) is 12.2 Å². The summed E-state index contributed by atoms with van der Waals surface area (Å²) in [5.74, 6) is -0.0418. The van der Waals surface area contributed by atoms with Gasteiger partial charge in [-0.1, -0.05) is 13.5 Å². The minimum Gasteiger partial charge on any atom is -0.347 e. The third-order valence-corrected chi connectivity index (χ3v) is 1.51. The van der Waals surface area contributed by atoms with Crippen molar-refractivity contribution in [3.63, 3.8) is 0 Å². The fourth-order valence-corrected chi connectivity index (χ4v) is 0.787. The van der Waals surface area contributed by atoms with Gasteiger partial charge in [0.25, 0.3) is 0 Å². The van der Waals surface area contributed by atoms with Crippen molar-refractivity contribution in [1.29, 1.82) is 0 Å². The number of quaternary nitrogens is 1. The van der Waals surface area contributed by atoms with E-state index in [0.29, 0.717) is 5.57 Å². The van der Waals surface area contributed by atoms with Gasteiger partial charge >= 0.3 is 0 Å². The number of hydrogen-bond donors (Lipinski definition) is 2. The fraction of sp³-hybridized carbons (Fsp3) is 0.667. The molecule has 0 radical (unpaired) electrons. The maximum Gasteiger partial charge on any atom is 0.246 e. The summed E-state index contributed by atoms with van der Waals surface area (Å²) in [6, 6.07) is 0. The van der Waals surface area contributed by atoms with Crippen LogP contribution in [0.5, 0.6) is 0 Å². The summed E-state index contributed by atoms with van der Waals surface area (Å²) in [5, 5.41) is 4.96. The second kappa shape index (κ2) is 6.85. The Hall–Kier alpha value is -0.830. The molecule has 3 N–H and O–H groups in total. The molecule has 3 heteroatoms. The lowest BCUT2D eigenvalue weighted by Crippen LogP contribution is -2.85. The summed E-state index contributed by atoms with van der Waals surface area (Å²) >= 11 is 0.